The van der Waals surface area contributed by atoms with Gasteiger partial charge in [-0.1, -0.05) is 17.7 Å². The molecule has 0 radical (unpaired) electrons. The van der Waals surface area contributed by atoms with E-state index in [2.05, 4.69) is 10.6 Å². The Labute approximate surface area is 141 Å². The Balaban J connectivity index is 2.25. The van der Waals surface area contributed by atoms with E-state index in [9.17, 15) is 14.4 Å². The lowest BCUT2D eigenvalue weighted by Crippen LogP contribution is -2.41. The van der Waals surface area contributed by atoms with Crippen LogP contribution in [0.15, 0.2) is 18.2 Å². The Morgan fingerprint density at radius 1 is 1.08 bits per heavy atom. The molecule has 0 bridgehead atoms. The molecule has 0 aliphatic rings. The second-order valence-corrected chi connectivity index (χ2v) is 5.72. The summed E-state index contributed by atoms with van der Waals surface area (Å²) in [5.41, 5.74) is 2.01. The zero-order chi connectivity index (χ0) is 18.1. The zero-order valence-corrected chi connectivity index (χ0v) is 14.5. The molecule has 0 unspecified atom stereocenters. The molecule has 0 aliphatic carbocycles. The predicted octanol–water partition coefficient (Wildman–Crippen LogP) is 0.866. The van der Waals surface area contributed by atoms with Gasteiger partial charge in [0.2, 0.25) is 5.91 Å². The van der Waals surface area contributed by atoms with Crippen LogP contribution >= 0.6 is 0 Å². The summed E-state index contributed by atoms with van der Waals surface area (Å²) in [6.45, 7) is 6.58. The number of amides is 2. The minimum atomic E-state index is -0.656. The molecule has 2 amide bonds. The Hall–Kier alpha value is -2.57. The van der Waals surface area contributed by atoms with Crippen LogP contribution in [-0.2, 0) is 19.1 Å². The number of hydrogen-bond donors (Lipinski definition) is 2. The fraction of sp³-hybridized carbons (Fsp3) is 0.471. The molecule has 0 spiro atoms. The molecule has 7 heteroatoms. The second-order valence-electron chi connectivity index (χ2n) is 5.72. The van der Waals surface area contributed by atoms with Crippen molar-refractivity contribution in [3.63, 3.8) is 0 Å². The van der Waals surface area contributed by atoms with E-state index in [0.29, 0.717) is 5.75 Å². The number of ether oxygens (including phenoxy) is 2. The molecule has 0 fully saturated rings. The summed E-state index contributed by atoms with van der Waals surface area (Å²) >= 11 is 0. The SMILES string of the molecule is Cc1ccc(OCC(=O)OCC(=O)NCC(=O)NC(C)C)c(C)c1. The van der Waals surface area contributed by atoms with Crippen LogP contribution in [0.3, 0.4) is 0 Å². The topological polar surface area (TPSA) is 93.7 Å². The molecular formula is C17H24N2O5. The van der Waals surface area contributed by atoms with Gasteiger partial charge in [-0.25, -0.2) is 4.79 Å². The van der Waals surface area contributed by atoms with Crippen LogP contribution in [-0.4, -0.2) is 43.6 Å². The Morgan fingerprint density at radius 3 is 2.42 bits per heavy atom. The maximum absolute atomic E-state index is 11.6. The van der Waals surface area contributed by atoms with Crippen molar-refractivity contribution in [1.82, 2.24) is 10.6 Å². The average molecular weight is 336 g/mol. The van der Waals surface area contributed by atoms with Crippen molar-refractivity contribution >= 4 is 17.8 Å². The maximum Gasteiger partial charge on any atom is 0.344 e. The Kier molecular flexibility index (Phi) is 7.74. The first-order chi connectivity index (χ1) is 11.3. The van der Waals surface area contributed by atoms with E-state index in [-0.39, 0.29) is 25.1 Å². The zero-order valence-electron chi connectivity index (χ0n) is 14.5. The summed E-state index contributed by atoms with van der Waals surface area (Å²) in [5, 5.41) is 4.99. The third-order valence-electron chi connectivity index (χ3n) is 2.94. The lowest BCUT2D eigenvalue weighted by molar-refractivity contribution is -0.150. The molecule has 0 aromatic heterocycles. The highest BCUT2D eigenvalue weighted by Gasteiger charge is 2.11. The number of hydrogen-bond acceptors (Lipinski definition) is 5. The van der Waals surface area contributed by atoms with Crippen LogP contribution in [0, 0.1) is 13.8 Å². The molecule has 0 heterocycles. The number of carbonyl (C=O) groups excluding carboxylic acids is 3. The van der Waals surface area contributed by atoms with Crippen molar-refractivity contribution in [2.75, 3.05) is 19.8 Å². The highest BCUT2D eigenvalue weighted by Crippen LogP contribution is 2.18. The van der Waals surface area contributed by atoms with Gasteiger partial charge < -0.3 is 20.1 Å². The Morgan fingerprint density at radius 2 is 1.79 bits per heavy atom. The molecule has 24 heavy (non-hydrogen) atoms. The third kappa shape index (κ3) is 7.62. The largest absolute Gasteiger partial charge is 0.482 e. The van der Waals surface area contributed by atoms with Crippen molar-refractivity contribution in [3.8, 4) is 5.75 Å². The van der Waals surface area contributed by atoms with Crippen molar-refractivity contribution in [3.05, 3.63) is 29.3 Å². The number of nitrogens with one attached hydrogen (secondary N) is 2. The summed E-state index contributed by atoms with van der Waals surface area (Å²) in [4.78, 5) is 34.4. The van der Waals surface area contributed by atoms with E-state index in [1.807, 2.05) is 39.8 Å². The molecule has 2 N–H and O–H groups in total. The molecule has 1 rings (SSSR count). The van der Waals surface area contributed by atoms with Gasteiger partial charge in [-0.2, -0.15) is 0 Å². The van der Waals surface area contributed by atoms with E-state index >= 15 is 0 Å². The second kappa shape index (κ2) is 9.54. The van der Waals surface area contributed by atoms with Gasteiger partial charge in [0, 0.05) is 6.04 Å². The molecule has 0 saturated heterocycles. The lowest BCUT2D eigenvalue weighted by atomic mass is 10.1. The van der Waals surface area contributed by atoms with Crippen LogP contribution in [0.1, 0.15) is 25.0 Å². The molecule has 0 atom stereocenters. The monoisotopic (exact) mass is 336 g/mol. The fourth-order valence-electron chi connectivity index (χ4n) is 1.89. The first-order valence-electron chi connectivity index (χ1n) is 7.69. The van der Waals surface area contributed by atoms with Crippen molar-refractivity contribution < 1.29 is 23.9 Å². The van der Waals surface area contributed by atoms with Crippen LogP contribution in [0.4, 0.5) is 0 Å². The summed E-state index contributed by atoms with van der Waals surface area (Å²) in [6, 6.07) is 5.59. The summed E-state index contributed by atoms with van der Waals surface area (Å²) < 4.78 is 10.2. The molecule has 7 nitrogen and oxygen atoms in total. The third-order valence-corrected chi connectivity index (χ3v) is 2.94. The summed E-state index contributed by atoms with van der Waals surface area (Å²) in [5.74, 6) is -0.916. The van der Waals surface area contributed by atoms with Gasteiger partial charge in [-0.15, -0.1) is 0 Å². The number of aryl methyl sites for hydroxylation is 2. The van der Waals surface area contributed by atoms with Crippen LogP contribution < -0.4 is 15.4 Å². The summed E-state index contributed by atoms with van der Waals surface area (Å²) in [7, 11) is 0. The average Bonchev–Trinajstić information content (AvgIpc) is 2.49. The molecule has 1 aromatic carbocycles. The number of esters is 1. The number of rotatable bonds is 8. The fourth-order valence-corrected chi connectivity index (χ4v) is 1.89. The molecule has 0 aliphatic heterocycles. The van der Waals surface area contributed by atoms with Gasteiger partial charge in [0.1, 0.15) is 5.75 Å². The molecular weight excluding hydrogens is 312 g/mol. The first kappa shape index (κ1) is 19.5. The molecule has 132 valence electrons. The van der Waals surface area contributed by atoms with Crippen molar-refractivity contribution in [2.45, 2.75) is 33.7 Å². The lowest BCUT2D eigenvalue weighted by Gasteiger charge is -2.10. The number of carbonyl (C=O) groups is 3. The van der Waals surface area contributed by atoms with Crippen LogP contribution in [0.5, 0.6) is 5.75 Å². The smallest absolute Gasteiger partial charge is 0.344 e. The van der Waals surface area contributed by atoms with Crippen LogP contribution in [0.2, 0.25) is 0 Å². The standard InChI is InChI=1S/C17H24N2O5/c1-11(2)19-15(20)8-18-16(21)9-24-17(22)10-23-14-6-5-12(3)7-13(14)4/h5-7,11H,8-10H2,1-4H3,(H,18,21)(H,19,20). The minimum absolute atomic E-state index is 0.00499. The van der Waals surface area contributed by atoms with E-state index in [1.165, 1.54) is 0 Å². The van der Waals surface area contributed by atoms with Gasteiger partial charge in [-0.3, -0.25) is 9.59 Å². The normalized spacial score (nSPS) is 10.2. The minimum Gasteiger partial charge on any atom is -0.482 e. The van der Waals surface area contributed by atoms with Gasteiger partial charge in [-0.05, 0) is 39.3 Å². The van der Waals surface area contributed by atoms with Gasteiger partial charge in [0.05, 0.1) is 6.54 Å². The van der Waals surface area contributed by atoms with E-state index in [4.69, 9.17) is 9.47 Å². The quantitative estimate of drug-likeness (QED) is 0.687. The van der Waals surface area contributed by atoms with Crippen LogP contribution in [0.25, 0.3) is 0 Å². The predicted molar refractivity (Wildman–Crippen MR) is 88.7 cm³/mol. The summed E-state index contributed by atoms with van der Waals surface area (Å²) in [6.07, 6.45) is 0. The maximum atomic E-state index is 11.6. The van der Waals surface area contributed by atoms with E-state index in [0.717, 1.165) is 11.1 Å². The first-order valence-corrected chi connectivity index (χ1v) is 7.69. The van der Waals surface area contributed by atoms with E-state index < -0.39 is 18.5 Å². The Bertz CT molecular complexity index is 599. The van der Waals surface area contributed by atoms with Gasteiger partial charge in [0.15, 0.2) is 13.2 Å². The van der Waals surface area contributed by atoms with Gasteiger partial charge >= 0.3 is 5.97 Å². The van der Waals surface area contributed by atoms with Crippen molar-refractivity contribution in [2.24, 2.45) is 0 Å². The van der Waals surface area contributed by atoms with E-state index in [1.54, 1.807) is 6.07 Å². The van der Waals surface area contributed by atoms with Gasteiger partial charge in [0.25, 0.3) is 5.91 Å². The highest BCUT2D eigenvalue weighted by atomic mass is 16.6. The molecule has 1 aromatic rings. The van der Waals surface area contributed by atoms with Crippen molar-refractivity contribution in [1.29, 1.82) is 0 Å². The number of benzene rings is 1. The molecule has 0 saturated carbocycles. The highest BCUT2D eigenvalue weighted by molar-refractivity contribution is 5.86.